The highest BCUT2D eigenvalue weighted by Gasteiger charge is 2.09. The molecule has 2 aromatic carbocycles. The monoisotopic (exact) mass is 323 g/mol. The second-order valence-electron chi connectivity index (χ2n) is 5.31. The average molecular weight is 323 g/mol. The molecular weight excluding hydrogens is 302 g/mol. The van der Waals surface area contributed by atoms with Crippen molar-refractivity contribution in [3.8, 4) is 11.5 Å². The second kappa shape index (κ2) is 8.11. The van der Waals surface area contributed by atoms with Crippen LogP contribution in [0.3, 0.4) is 0 Å². The number of Topliss-reactive ketones (excluding diaryl/α,β-unsaturated/α-hetero) is 1. The lowest BCUT2D eigenvalue weighted by Gasteiger charge is -2.10. The van der Waals surface area contributed by atoms with Crippen LogP contribution in [0.4, 0.5) is 5.69 Å². The molecule has 0 aliphatic rings. The minimum Gasteiger partial charge on any atom is -0.504 e. The topological polar surface area (TPSA) is 58.9 Å². The fourth-order valence-corrected chi connectivity index (χ4v) is 2.27. The van der Waals surface area contributed by atoms with Crippen LogP contribution in [0.15, 0.2) is 54.0 Å². The Labute approximate surface area is 142 Å². The molecule has 0 aliphatic heterocycles. The fourth-order valence-electron chi connectivity index (χ4n) is 2.27. The number of allylic oxidation sites excluding steroid dienone is 1. The van der Waals surface area contributed by atoms with Crippen LogP contribution in [0.25, 0.3) is 0 Å². The van der Waals surface area contributed by atoms with Gasteiger partial charge in [-0.1, -0.05) is 6.08 Å². The van der Waals surface area contributed by atoms with Gasteiger partial charge >= 0.3 is 0 Å². The third-order valence-electron chi connectivity index (χ3n) is 3.48. The third-order valence-corrected chi connectivity index (χ3v) is 3.48. The summed E-state index contributed by atoms with van der Waals surface area (Å²) >= 11 is 0. The molecule has 0 saturated heterocycles. The number of aliphatic imine (C=N–C) groups is 1. The Morgan fingerprint density at radius 1 is 1.29 bits per heavy atom. The van der Waals surface area contributed by atoms with Crippen molar-refractivity contribution in [3.63, 3.8) is 0 Å². The molecule has 0 unspecified atom stereocenters. The lowest BCUT2D eigenvalue weighted by molar-refractivity contribution is 0.101. The highest BCUT2D eigenvalue weighted by Crippen LogP contribution is 2.32. The van der Waals surface area contributed by atoms with E-state index < -0.39 is 0 Å². The molecule has 4 nitrogen and oxygen atoms in total. The zero-order valence-electron chi connectivity index (χ0n) is 14.0. The van der Waals surface area contributed by atoms with Gasteiger partial charge in [0.15, 0.2) is 17.3 Å². The number of benzene rings is 2. The first-order valence-corrected chi connectivity index (χ1v) is 7.79. The molecule has 4 heteroatoms. The molecule has 0 spiro atoms. The van der Waals surface area contributed by atoms with Crippen LogP contribution < -0.4 is 4.74 Å². The van der Waals surface area contributed by atoms with Crippen molar-refractivity contribution in [3.05, 3.63) is 65.7 Å². The van der Waals surface area contributed by atoms with E-state index in [1.165, 1.54) is 6.92 Å². The number of carbonyl (C=O) groups is 1. The first-order chi connectivity index (χ1) is 11.5. The summed E-state index contributed by atoms with van der Waals surface area (Å²) in [6, 6.07) is 10.7. The van der Waals surface area contributed by atoms with Gasteiger partial charge in [-0.25, -0.2) is 0 Å². The van der Waals surface area contributed by atoms with Gasteiger partial charge in [0.2, 0.25) is 0 Å². The predicted octanol–water partition coefficient (Wildman–Crippen LogP) is 4.47. The van der Waals surface area contributed by atoms with Gasteiger partial charge in [0.05, 0.1) is 12.3 Å². The largest absolute Gasteiger partial charge is 0.504 e. The molecule has 0 fully saturated rings. The van der Waals surface area contributed by atoms with Crippen LogP contribution >= 0.6 is 0 Å². The highest BCUT2D eigenvalue weighted by molar-refractivity contribution is 5.94. The average Bonchev–Trinajstić information content (AvgIpc) is 2.57. The number of hydrogen-bond acceptors (Lipinski definition) is 4. The SMILES string of the molecule is C=CCc1cc(C=Nc2ccc(C(C)=O)cc2)cc(OCC)c1O. The zero-order valence-corrected chi connectivity index (χ0v) is 14.0. The zero-order chi connectivity index (χ0) is 17.5. The van der Waals surface area contributed by atoms with Gasteiger partial charge in [0.1, 0.15) is 0 Å². The Morgan fingerprint density at radius 3 is 2.58 bits per heavy atom. The van der Waals surface area contributed by atoms with Crippen LogP contribution in [0.1, 0.15) is 35.3 Å². The van der Waals surface area contributed by atoms with E-state index >= 15 is 0 Å². The summed E-state index contributed by atoms with van der Waals surface area (Å²) in [6.07, 6.45) is 3.98. The molecule has 0 aliphatic carbocycles. The summed E-state index contributed by atoms with van der Waals surface area (Å²) in [5.41, 5.74) is 2.97. The Hall–Kier alpha value is -2.88. The first kappa shape index (κ1) is 17.5. The summed E-state index contributed by atoms with van der Waals surface area (Å²) in [4.78, 5) is 15.7. The number of hydrogen-bond donors (Lipinski definition) is 1. The Bertz CT molecular complexity index is 761. The molecule has 0 radical (unpaired) electrons. The number of phenolic OH excluding ortho intramolecular Hbond substituents is 1. The summed E-state index contributed by atoms with van der Waals surface area (Å²) in [7, 11) is 0. The van der Waals surface area contributed by atoms with Crippen LogP contribution in [0.5, 0.6) is 11.5 Å². The quantitative estimate of drug-likeness (QED) is 0.464. The highest BCUT2D eigenvalue weighted by atomic mass is 16.5. The number of rotatable bonds is 7. The molecule has 2 aromatic rings. The first-order valence-electron chi connectivity index (χ1n) is 7.79. The van der Waals surface area contributed by atoms with Crippen molar-refractivity contribution < 1.29 is 14.6 Å². The van der Waals surface area contributed by atoms with E-state index in [1.807, 2.05) is 13.0 Å². The number of aromatic hydroxyl groups is 1. The van der Waals surface area contributed by atoms with Gasteiger partial charge in [-0.3, -0.25) is 9.79 Å². The molecular formula is C20H21NO3. The molecule has 124 valence electrons. The van der Waals surface area contributed by atoms with Crippen molar-refractivity contribution in [2.45, 2.75) is 20.3 Å². The molecule has 24 heavy (non-hydrogen) atoms. The molecule has 0 bridgehead atoms. The maximum absolute atomic E-state index is 11.3. The van der Waals surface area contributed by atoms with Crippen molar-refractivity contribution >= 4 is 17.7 Å². The van der Waals surface area contributed by atoms with Crippen molar-refractivity contribution in [1.82, 2.24) is 0 Å². The molecule has 0 atom stereocenters. The molecule has 0 aromatic heterocycles. The third kappa shape index (κ3) is 4.32. The van der Waals surface area contributed by atoms with E-state index in [0.29, 0.717) is 24.3 Å². The Balaban J connectivity index is 2.30. The molecule has 2 rings (SSSR count). The van der Waals surface area contributed by atoms with E-state index in [9.17, 15) is 9.90 Å². The number of ether oxygens (including phenoxy) is 1. The van der Waals surface area contributed by atoms with Gasteiger partial charge in [0, 0.05) is 17.3 Å². The predicted molar refractivity (Wildman–Crippen MR) is 96.9 cm³/mol. The van der Waals surface area contributed by atoms with Gasteiger partial charge in [-0.15, -0.1) is 6.58 Å². The maximum atomic E-state index is 11.3. The van der Waals surface area contributed by atoms with E-state index in [1.54, 1.807) is 42.6 Å². The molecule has 0 saturated carbocycles. The van der Waals surface area contributed by atoms with Crippen LogP contribution in [-0.4, -0.2) is 23.7 Å². The van der Waals surface area contributed by atoms with Gasteiger partial charge in [0.25, 0.3) is 0 Å². The number of ketones is 1. The van der Waals surface area contributed by atoms with E-state index in [4.69, 9.17) is 4.74 Å². The maximum Gasteiger partial charge on any atom is 0.161 e. The molecule has 0 amide bonds. The number of phenols is 1. The van der Waals surface area contributed by atoms with E-state index in [-0.39, 0.29) is 11.5 Å². The van der Waals surface area contributed by atoms with Crippen molar-refractivity contribution in [1.29, 1.82) is 0 Å². The number of carbonyl (C=O) groups excluding carboxylic acids is 1. The van der Waals surface area contributed by atoms with Gasteiger partial charge in [-0.05, 0) is 62.2 Å². The van der Waals surface area contributed by atoms with Crippen LogP contribution in [-0.2, 0) is 6.42 Å². The fraction of sp³-hybridized carbons (Fsp3) is 0.200. The normalized spacial score (nSPS) is 10.8. The van der Waals surface area contributed by atoms with Crippen LogP contribution in [0.2, 0.25) is 0 Å². The summed E-state index contributed by atoms with van der Waals surface area (Å²) < 4.78 is 5.47. The minimum atomic E-state index is 0.0273. The van der Waals surface area contributed by atoms with Crippen LogP contribution in [0, 0.1) is 0 Å². The summed E-state index contributed by atoms with van der Waals surface area (Å²) in [5.74, 6) is 0.601. The standard InChI is InChI=1S/C20H21NO3/c1-4-6-17-11-15(12-19(20(17)23)24-5-2)13-21-18-9-7-16(8-10-18)14(3)22/h4,7-13,23H,1,5-6H2,2-3H3. The Kier molecular flexibility index (Phi) is 5.90. The summed E-state index contributed by atoms with van der Waals surface area (Å²) in [6.45, 7) is 7.57. The van der Waals surface area contributed by atoms with E-state index in [0.717, 1.165) is 16.8 Å². The van der Waals surface area contributed by atoms with Gasteiger partial charge < -0.3 is 9.84 Å². The minimum absolute atomic E-state index is 0.0273. The number of nitrogens with zero attached hydrogens (tertiary/aromatic N) is 1. The summed E-state index contributed by atoms with van der Waals surface area (Å²) in [5, 5.41) is 10.2. The van der Waals surface area contributed by atoms with E-state index in [2.05, 4.69) is 11.6 Å². The van der Waals surface area contributed by atoms with Crippen molar-refractivity contribution in [2.24, 2.45) is 4.99 Å². The van der Waals surface area contributed by atoms with Gasteiger partial charge in [-0.2, -0.15) is 0 Å². The Morgan fingerprint density at radius 2 is 2.00 bits per heavy atom. The molecule has 0 heterocycles. The molecule has 1 N–H and O–H groups in total. The second-order valence-corrected chi connectivity index (χ2v) is 5.31. The lowest BCUT2D eigenvalue weighted by atomic mass is 10.1. The lowest BCUT2D eigenvalue weighted by Crippen LogP contribution is -1.96. The van der Waals surface area contributed by atoms with Crippen molar-refractivity contribution in [2.75, 3.05) is 6.61 Å². The smallest absolute Gasteiger partial charge is 0.161 e.